The Labute approximate surface area is 288 Å². The molecule has 2 N–H and O–H groups in total. The molecule has 0 unspecified atom stereocenters. The molecule has 15 heteroatoms. The number of aromatic nitrogens is 6. The molecule has 0 aliphatic carbocycles. The highest BCUT2D eigenvalue weighted by Gasteiger charge is 2.30. The molecule has 3 aromatic heterocycles. The maximum absolute atomic E-state index is 14.1. The van der Waals surface area contributed by atoms with Crippen LogP contribution in [0, 0.1) is 12.7 Å². The van der Waals surface area contributed by atoms with Crippen LogP contribution in [0.25, 0.3) is 11.4 Å². The molecular weight excluding hydrogens is 645 g/mol. The summed E-state index contributed by atoms with van der Waals surface area (Å²) in [5, 5.41) is 17.9. The van der Waals surface area contributed by atoms with Gasteiger partial charge in [0, 0.05) is 32.7 Å². The number of hydrogen-bond acceptors (Lipinski definition) is 10. The fraction of sp³-hybridized carbons (Fsp3) is 0.400. The highest BCUT2D eigenvalue weighted by molar-refractivity contribution is 5.95. The van der Waals surface area contributed by atoms with Crippen LogP contribution in [-0.2, 0) is 28.9 Å². The van der Waals surface area contributed by atoms with Crippen LogP contribution in [-0.4, -0.2) is 96.9 Å². The number of rotatable bonds is 10. The molecule has 50 heavy (non-hydrogen) atoms. The van der Waals surface area contributed by atoms with Crippen molar-refractivity contribution in [2.75, 3.05) is 50.8 Å². The van der Waals surface area contributed by atoms with Crippen molar-refractivity contribution in [2.45, 2.75) is 46.1 Å². The van der Waals surface area contributed by atoms with Crippen LogP contribution in [0.15, 0.2) is 54.6 Å². The number of amides is 2. The van der Waals surface area contributed by atoms with E-state index in [0.717, 1.165) is 11.1 Å². The van der Waals surface area contributed by atoms with E-state index in [-0.39, 0.29) is 54.1 Å². The molecule has 2 aliphatic heterocycles. The number of anilines is 1. The maximum Gasteiger partial charge on any atom is 0.299 e. The van der Waals surface area contributed by atoms with Crippen molar-refractivity contribution in [3.63, 3.8) is 0 Å². The Morgan fingerprint density at radius 2 is 1.84 bits per heavy atom. The van der Waals surface area contributed by atoms with E-state index < -0.39 is 5.91 Å². The number of piperazine rings is 1. The third-order valence-electron chi connectivity index (χ3n) is 8.68. The van der Waals surface area contributed by atoms with Gasteiger partial charge in [0.25, 0.3) is 11.5 Å². The summed E-state index contributed by atoms with van der Waals surface area (Å²) < 4.78 is 21.7. The number of carbonyl (C=O) groups excluding carboxylic acids is 2. The fourth-order valence-corrected chi connectivity index (χ4v) is 6.07. The van der Waals surface area contributed by atoms with Gasteiger partial charge in [0.1, 0.15) is 24.4 Å². The van der Waals surface area contributed by atoms with E-state index >= 15 is 0 Å². The van der Waals surface area contributed by atoms with Gasteiger partial charge in [-0.15, -0.1) is 18.3 Å². The lowest BCUT2D eigenvalue weighted by Gasteiger charge is -2.36. The van der Waals surface area contributed by atoms with E-state index in [0.29, 0.717) is 81.4 Å². The van der Waals surface area contributed by atoms with E-state index in [9.17, 15) is 23.9 Å². The van der Waals surface area contributed by atoms with E-state index in [1.807, 2.05) is 17.9 Å². The van der Waals surface area contributed by atoms with Gasteiger partial charge in [-0.1, -0.05) is 25.1 Å². The minimum absolute atomic E-state index is 0.0600. The zero-order valence-corrected chi connectivity index (χ0v) is 28.4. The first-order valence-corrected chi connectivity index (χ1v) is 16.6. The van der Waals surface area contributed by atoms with Gasteiger partial charge in [-0.05, 0) is 55.9 Å². The number of hydrogen-bond donors (Lipinski definition) is 2. The van der Waals surface area contributed by atoms with Gasteiger partial charge in [0.15, 0.2) is 17.3 Å². The number of benzene rings is 1. The molecule has 1 saturated heterocycles. The van der Waals surface area contributed by atoms with Crippen LogP contribution >= 0.6 is 0 Å². The highest BCUT2D eigenvalue weighted by Crippen LogP contribution is 2.25. The standard InChI is InChI=1S/C33H38FN9O5.C2H4/c1-3-25-28(40-13-15-41(16-14-40)31(46)27-29(45)21(2)36-20-37-27)32(47)43-33(38-30(39-43)23-10-17-48-18-11-23)42(25)19-26(44)35-12-4-5-22-6-8-24(34)9-7-22;1-2/h6-10,20,45H,3-5,11-19H2,1-2H3,(H,35,44);1-2H2. The molecule has 5 heterocycles. The van der Waals surface area contributed by atoms with Crippen molar-refractivity contribution in [1.82, 2.24) is 39.3 Å². The SMILES string of the molecule is C=C.CCc1c(N2CCN(C(=O)c3ncnc(C)c3O)CC2)c(=O)n2nc(C3=CCOCC3)nc2n1CC(=O)NCCCc1ccc(F)cc1. The molecule has 2 amide bonds. The predicted molar refractivity (Wildman–Crippen MR) is 186 cm³/mol. The van der Waals surface area contributed by atoms with Gasteiger partial charge in [-0.25, -0.2) is 14.4 Å². The van der Waals surface area contributed by atoms with Crippen LogP contribution in [0.2, 0.25) is 0 Å². The molecule has 2 aliphatic rings. The van der Waals surface area contributed by atoms with Crippen molar-refractivity contribution in [3.8, 4) is 5.75 Å². The summed E-state index contributed by atoms with van der Waals surface area (Å²) >= 11 is 0. The van der Waals surface area contributed by atoms with Crippen molar-refractivity contribution in [3.05, 3.63) is 94.5 Å². The van der Waals surface area contributed by atoms with Crippen molar-refractivity contribution in [2.24, 2.45) is 0 Å². The number of fused-ring (bicyclic) bond motifs is 1. The molecule has 4 aromatic rings. The number of nitrogens with one attached hydrogen (secondary N) is 1. The van der Waals surface area contributed by atoms with E-state index in [1.165, 1.54) is 23.0 Å². The summed E-state index contributed by atoms with van der Waals surface area (Å²) in [5.41, 5.74) is 2.79. The molecular formula is C35H42FN9O5. The van der Waals surface area contributed by atoms with Gasteiger partial charge in [0.2, 0.25) is 11.7 Å². The zero-order valence-electron chi connectivity index (χ0n) is 28.4. The molecule has 1 aromatic carbocycles. The summed E-state index contributed by atoms with van der Waals surface area (Å²) in [6.45, 7) is 12.0. The van der Waals surface area contributed by atoms with Crippen molar-refractivity contribution < 1.29 is 23.8 Å². The average molecular weight is 688 g/mol. The second kappa shape index (κ2) is 16.3. The smallest absolute Gasteiger partial charge is 0.299 e. The molecule has 0 atom stereocenters. The molecule has 0 saturated carbocycles. The summed E-state index contributed by atoms with van der Waals surface area (Å²) in [4.78, 5) is 56.8. The molecule has 264 valence electrons. The Hall–Kier alpha value is -5.44. The number of nitrogens with zero attached hydrogens (tertiary/aromatic N) is 8. The Kier molecular flexibility index (Phi) is 11.7. The Morgan fingerprint density at radius 3 is 2.52 bits per heavy atom. The van der Waals surface area contributed by atoms with Crippen LogP contribution < -0.4 is 15.8 Å². The quantitative estimate of drug-likeness (QED) is 0.188. The Morgan fingerprint density at radius 1 is 1.10 bits per heavy atom. The fourth-order valence-electron chi connectivity index (χ4n) is 6.07. The summed E-state index contributed by atoms with van der Waals surface area (Å²) in [6.07, 6.45) is 5.54. The lowest BCUT2D eigenvalue weighted by Crippen LogP contribution is -2.51. The normalized spacial score (nSPS) is 14.6. The predicted octanol–water partition coefficient (Wildman–Crippen LogP) is 2.71. The molecule has 6 rings (SSSR count). The topological polar surface area (TPSA) is 160 Å². The first kappa shape index (κ1) is 35.9. The first-order valence-electron chi connectivity index (χ1n) is 16.6. The van der Waals surface area contributed by atoms with E-state index in [4.69, 9.17) is 9.72 Å². The van der Waals surface area contributed by atoms with E-state index in [2.05, 4.69) is 33.5 Å². The minimum atomic E-state index is -0.414. The maximum atomic E-state index is 14.1. The molecule has 1 fully saturated rings. The first-order chi connectivity index (χ1) is 24.2. The minimum Gasteiger partial charge on any atom is -0.504 e. The Balaban J connectivity index is 0.00000239. The third kappa shape index (κ3) is 7.72. The lowest BCUT2D eigenvalue weighted by molar-refractivity contribution is -0.121. The van der Waals surface area contributed by atoms with Crippen LogP contribution in [0.5, 0.6) is 5.75 Å². The molecule has 0 bridgehead atoms. The molecule has 0 radical (unpaired) electrons. The second-order valence-corrected chi connectivity index (χ2v) is 11.8. The lowest BCUT2D eigenvalue weighted by atomic mass is 10.1. The number of halogens is 1. The summed E-state index contributed by atoms with van der Waals surface area (Å²) in [7, 11) is 0. The van der Waals surface area contributed by atoms with Crippen molar-refractivity contribution in [1.29, 1.82) is 0 Å². The van der Waals surface area contributed by atoms with Gasteiger partial charge >= 0.3 is 0 Å². The number of aromatic hydroxyl groups is 1. The van der Waals surface area contributed by atoms with Crippen LogP contribution in [0.4, 0.5) is 10.1 Å². The zero-order chi connectivity index (χ0) is 35.8. The van der Waals surface area contributed by atoms with Gasteiger partial charge in [-0.3, -0.25) is 14.4 Å². The number of aryl methyl sites for hydroxylation is 2. The third-order valence-corrected chi connectivity index (χ3v) is 8.68. The molecule has 14 nitrogen and oxygen atoms in total. The van der Waals surface area contributed by atoms with Gasteiger partial charge < -0.3 is 29.5 Å². The average Bonchev–Trinajstić information content (AvgIpc) is 3.60. The second-order valence-electron chi connectivity index (χ2n) is 11.8. The van der Waals surface area contributed by atoms with Gasteiger partial charge in [0.05, 0.1) is 24.6 Å². The Bertz CT molecular complexity index is 1930. The molecule has 0 spiro atoms. The monoisotopic (exact) mass is 687 g/mol. The largest absolute Gasteiger partial charge is 0.504 e. The number of ether oxygens (including phenoxy) is 1. The van der Waals surface area contributed by atoms with Gasteiger partial charge in [-0.2, -0.15) is 9.50 Å². The number of carbonyl (C=O) groups is 2. The van der Waals surface area contributed by atoms with E-state index in [1.54, 1.807) is 28.5 Å². The summed E-state index contributed by atoms with van der Waals surface area (Å²) in [5.74, 6) is -0.509. The van der Waals surface area contributed by atoms with Crippen LogP contribution in [0.1, 0.15) is 53.0 Å². The van der Waals surface area contributed by atoms with Crippen molar-refractivity contribution >= 4 is 28.9 Å². The van der Waals surface area contributed by atoms with Crippen LogP contribution in [0.3, 0.4) is 0 Å². The summed E-state index contributed by atoms with van der Waals surface area (Å²) in [6, 6.07) is 6.31. The highest BCUT2D eigenvalue weighted by atomic mass is 19.1.